The van der Waals surface area contributed by atoms with Crippen LogP contribution in [0.15, 0.2) is 47.4 Å². The van der Waals surface area contributed by atoms with Gasteiger partial charge in [0.15, 0.2) is 0 Å². The van der Waals surface area contributed by atoms with Crippen LogP contribution in [0, 0.1) is 0 Å². The van der Waals surface area contributed by atoms with Crippen molar-refractivity contribution in [2.24, 2.45) is 0 Å². The molecule has 2 aromatic carbocycles. The standard InChI is InChI=1S/C17H18Cl2N2O3S/c1-17(2,3)21-25(23,24)12-7-4-6-11(10-12)20-16(22)15-13(18)8-5-9-14(15)19/h4-10,21H,1-3H3,(H,20,22). The molecule has 0 aromatic heterocycles. The third-order valence-electron chi connectivity index (χ3n) is 3.03. The van der Waals surface area contributed by atoms with Crippen LogP contribution in [0.4, 0.5) is 5.69 Å². The molecule has 0 aliphatic rings. The summed E-state index contributed by atoms with van der Waals surface area (Å²) in [6, 6.07) is 10.7. The second-order valence-corrected chi connectivity index (χ2v) is 8.93. The van der Waals surface area contributed by atoms with Gasteiger partial charge >= 0.3 is 0 Å². The van der Waals surface area contributed by atoms with Gasteiger partial charge in [0.05, 0.1) is 20.5 Å². The van der Waals surface area contributed by atoms with E-state index in [2.05, 4.69) is 10.0 Å². The number of sulfonamides is 1. The molecule has 0 aliphatic carbocycles. The minimum absolute atomic E-state index is 0.0467. The smallest absolute Gasteiger partial charge is 0.258 e. The van der Waals surface area contributed by atoms with Gasteiger partial charge in [0.2, 0.25) is 10.0 Å². The Labute approximate surface area is 157 Å². The Morgan fingerprint density at radius 1 is 1.00 bits per heavy atom. The van der Waals surface area contributed by atoms with Crippen molar-refractivity contribution in [2.75, 3.05) is 5.32 Å². The SMILES string of the molecule is CC(C)(C)NS(=O)(=O)c1cccc(NC(=O)c2c(Cl)cccc2Cl)c1. The summed E-state index contributed by atoms with van der Waals surface area (Å²) in [5.74, 6) is -0.520. The van der Waals surface area contributed by atoms with Crippen LogP contribution in [-0.4, -0.2) is 19.9 Å². The minimum atomic E-state index is -3.71. The van der Waals surface area contributed by atoms with Crippen LogP contribution in [0.3, 0.4) is 0 Å². The van der Waals surface area contributed by atoms with E-state index in [1.807, 2.05) is 0 Å². The van der Waals surface area contributed by atoms with Crippen molar-refractivity contribution < 1.29 is 13.2 Å². The molecular weight excluding hydrogens is 383 g/mol. The Morgan fingerprint density at radius 3 is 2.12 bits per heavy atom. The molecule has 0 spiro atoms. The van der Waals surface area contributed by atoms with Crippen LogP contribution in [0.5, 0.6) is 0 Å². The maximum absolute atomic E-state index is 12.4. The fraction of sp³-hybridized carbons (Fsp3) is 0.235. The molecule has 0 aliphatic heterocycles. The molecule has 0 saturated heterocycles. The molecule has 0 radical (unpaired) electrons. The van der Waals surface area contributed by atoms with Crippen LogP contribution in [0.2, 0.25) is 10.0 Å². The Kier molecular flexibility index (Phi) is 5.79. The highest BCUT2D eigenvalue weighted by Crippen LogP contribution is 2.26. The average molecular weight is 401 g/mol. The minimum Gasteiger partial charge on any atom is -0.322 e. The lowest BCUT2D eigenvalue weighted by molar-refractivity contribution is 0.102. The van der Waals surface area contributed by atoms with E-state index in [1.54, 1.807) is 51.1 Å². The number of halogens is 2. The molecule has 1 amide bonds. The Morgan fingerprint density at radius 2 is 1.56 bits per heavy atom. The zero-order valence-electron chi connectivity index (χ0n) is 13.9. The van der Waals surface area contributed by atoms with Gasteiger partial charge in [0, 0.05) is 11.2 Å². The van der Waals surface area contributed by atoms with E-state index < -0.39 is 21.5 Å². The summed E-state index contributed by atoms with van der Waals surface area (Å²) in [7, 11) is -3.71. The predicted octanol–water partition coefficient (Wildman–Crippen LogP) is 4.32. The van der Waals surface area contributed by atoms with Crippen molar-refractivity contribution in [1.29, 1.82) is 0 Å². The molecule has 2 rings (SSSR count). The van der Waals surface area contributed by atoms with E-state index in [0.717, 1.165) is 0 Å². The summed E-state index contributed by atoms with van der Waals surface area (Å²) >= 11 is 12.0. The lowest BCUT2D eigenvalue weighted by atomic mass is 10.1. The monoisotopic (exact) mass is 400 g/mol. The van der Waals surface area contributed by atoms with Crippen molar-refractivity contribution in [1.82, 2.24) is 4.72 Å². The highest BCUT2D eigenvalue weighted by Gasteiger charge is 2.22. The number of nitrogens with one attached hydrogen (secondary N) is 2. The van der Waals surface area contributed by atoms with E-state index in [4.69, 9.17) is 23.2 Å². The van der Waals surface area contributed by atoms with Gasteiger partial charge in [-0.25, -0.2) is 13.1 Å². The predicted molar refractivity (Wildman–Crippen MR) is 101 cm³/mol. The quantitative estimate of drug-likeness (QED) is 0.801. The van der Waals surface area contributed by atoms with Gasteiger partial charge in [-0.2, -0.15) is 0 Å². The van der Waals surface area contributed by atoms with Crippen LogP contribution in [-0.2, 0) is 10.0 Å². The van der Waals surface area contributed by atoms with Crippen molar-refractivity contribution in [2.45, 2.75) is 31.2 Å². The molecule has 2 N–H and O–H groups in total. The second-order valence-electron chi connectivity index (χ2n) is 6.43. The van der Waals surface area contributed by atoms with Gasteiger partial charge in [-0.1, -0.05) is 35.3 Å². The van der Waals surface area contributed by atoms with Gasteiger partial charge < -0.3 is 5.32 Å². The van der Waals surface area contributed by atoms with Crippen LogP contribution in [0.25, 0.3) is 0 Å². The first-order chi connectivity index (χ1) is 11.5. The van der Waals surface area contributed by atoms with Crippen molar-refractivity contribution in [3.63, 3.8) is 0 Å². The Bertz CT molecular complexity index is 886. The van der Waals surface area contributed by atoms with Gasteiger partial charge in [-0.05, 0) is 51.1 Å². The fourth-order valence-electron chi connectivity index (χ4n) is 2.11. The molecule has 134 valence electrons. The summed E-state index contributed by atoms with van der Waals surface area (Å²) in [6.07, 6.45) is 0. The number of rotatable bonds is 4. The van der Waals surface area contributed by atoms with Gasteiger partial charge in [0.1, 0.15) is 0 Å². The highest BCUT2D eigenvalue weighted by atomic mass is 35.5. The summed E-state index contributed by atoms with van der Waals surface area (Å²) in [5, 5.41) is 3.04. The zero-order valence-corrected chi connectivity index (χ0v) is 16.3. The number of benzene rings is 2. The maximum Gasteiger partial charge on any atom is 0.258 e. The van der Waals surface area contributed by atoms with Crippen molar-refractivity contribution >= 4 is 44.8 Å². The van der Waals surface area contributed by atoms with E-state index >= 15 is 0 Å². The Balaban J connectivity index is 2.30. The maximum atomic E-state index is 12.4. The van der Waals surface area contributed by atoms with Gasteiger partial charge in [-0.15, -0.1) is 0 Å². The first-order valence-electron chi connectivity index (χ1n) is 7.39. The molecule has 0 heterocycles. The summed E-state index contributed by atoms with van der Waals surface area (Å²) in [4.78, 5) is 12.4. The molecular formula is C17H18Cl2N2O3S. The van der Waals surface area contributed by atoms with Crippen LogP contribution in [0.1, 0.15) is 31.1 Å². The fourth-order valence-corrected chi connectivity index (χ4v) is 4.14. The number of amides is 1. The summed E-state index contributed by atoms with van der Waals surface area (Å²) in [5.41, 5.74) is -0.173. The third kappa shape index (κ3) is 5.19. The number of carbonyl (C=O) groups excluding carboxylic acids is 1. The average Bonchev–Trinajstić information content (AvgIpc) is 2.44. The summed E-state index contributed by atoms with van der Waals surface area (Å²) in [6.45, 7) is 5.24. The topological polar surface area (TPSA) is 75.3 Å². The first kappa shape index (κ1) is 19.7. The Hall–Kier alpha value is -1.60. The lowest BCUT2D eigenvalue weighted by Crippen LogP contribution is -2.40. The molecule has 0 atom stereocenters. The number of carbonyl (C=O) groups is 1. The zero-order chi connectivity index (χ0) is 18.8. The molecule has 0 fully saturated rings. The van der Waals surface area contributed by atoms with Crippen LogP contribution >= 0.6 is 23.2 Å². The molecule has 0 saturated carbocycles. The lowest BCUT2D eigenvalue weighted by Gasteiger charge is -2.20. The van der Waals surface area contributed by atoms with E-state index in [1.165, 1.54) is 12.1 Å². The van der Waals surface area contributed by atoms with Gasteiger partial charge in [-0.3, -0.25) is 4.79 Å². The summed E-state index contributed by atoms with van der Waals surface area (Å²) < 4.78 is 27.4. The second kappa shape index (κ2) is 7.33. The number of hydrogen-bond acceptors (Lipinski definition) is 3. The molecule has 2 aromatic rings. The third-order valence-corrected chi connectivity index (χ3v) is 5.42. The van der Waals surface area contributed by atoms with Gasteiger partial charge in [0.25, 0.3) is 5.91 Å². The normalized spacial score (nSPS) is 12.0. The molecule has 0 bridgehead atoms. The molecule has 0 unspecified atom stereocenters. The van der Waals surface area contributed by atoms with Crippen LogP contribution < -0.4 is 10.0 Å². The first-order valence-corrected chi connectivity index (χ1v) is 9.63. The highest BCUT2D eigenvalue weighted by molar-refractivity contribution is 7.89. The molecule has 5 nitrogen and oxygen atoms in total. The number of anilines is 1. The van der Waals surface area contributed by atoms with E-state index in [9.17, 15) is 13.2 Å². The van der Waals surface area contributed by atoms with E-state index in [-0.39, 0.29) is 20.5 Å². The molecule has 25 heavy (non-hydrogen) atoms. The van der Waals surface area contributed by atoms with Crippen molar-refractivity contribution in [3.05, 3.63) is 58.1 Å². The van der Waals surface area contributed by atoms with Crippen molar-refractivity contribution in [3.8, 4) is 0 Å². The molecule has 8 heteroatoms. The largest absolute Gasteiger partial charge is 0.322 e. The number of hydrogen-bond donors (Lipinski definition) is 2. The van der Waals surface area contributed by atoms with E-state index in [0.29, 0.717) is 5.69 Å².